The second-order valence-electron chi connectivity index (χ2n) is 7.53. The number of nitrogens with zero attached hydrogens (tertiary/aromatic N) is 5. The van der Waals surface area contributed by atoms with Crippen LogP contribution in [0.15, 0.2) is 30.9 Å². The Bertz CT molecular complexity index is 1290. The number of pyridine rings is 1. The summed E-state index contributed by atoms with van der Waals surface area (Å²) in [4.78, 5) is 36.3. The van der Waals surface area contributed by atoms with E-state index in [9.17, 15) is 31.2 Å². The Morgan fingerprint density at radius 3 is 2.40 bits per heavy atom. The first-order valence-electron chi connectivity index (χ1n) is 9.99. The lowest BCUT2D eigenvalue weighted by Crippen LogP contribution is -2.51. The minimum absolute atomic E-state index is 0.0229. The van der Waals surface area contributed by atoms with Crippen LogP contribution in [-0.2, 0) is 21.0 Å². The molecule has 1 fully saturated rings. The molecule has 0 spiro atoms. The van der Waals surface area contributed by atoms with Gasteiger partial charge >= 0.3 is 6.18 Å². The van der Waals surface area contributed by atoms with Gasteiger partial charge in [-0.2, -0.15) is 17.5 Å². The lowest BCUT2D eigenvalue weighted by Gasteiger charge is -2.40. The summed E-state index contributed by atoms with van der Waals surface area (Å²) in [7, 11) is -2.51. The number of carbonyl (C=O) groups is 2. The zero-order valence-electron chi connectivity index (χ0n) is 18.5. The van der Waals surface area contributed by atoms with E-state index in [1.807, 2.05) is 0 Å². The molecule has 15 heteroatoms. The Morgan fingerprint density at radius 1 is 1.17 bits per heavy atom. The Kier molecular flexibility index (Phi) is 7.48. The number of piperazine rings is 1. The van der Waals surface area contributed by atoms with Crippen molar-refractivity contribution < 1.29 is 31.2 Å². The smallest absolute Gasteiger partial charge is 0.354 e. The predicted octanol–water partition coefficient (Wildman–Crippen LogP) is 1.90. The van der Waals surface area contributed by atoms with Gasteiger partial charge in [-0.15, -0.1) is 0 Å². The average molecular weight is 533 g/mol. The van der Waals surface area contributed by atoms with Gasteiger partial charge in [-0.25, -0.2) is 23.4 Å². The van der Waals surface area contributed by atoms with Gasteiger partial charge < -0.3 is 10.2 Å². The molecule has 2 aromatic heterocycles. The van der Waals surface area contributed by atoms with E-state index in [0.717, 1.165) is 22.7 Å². The van der Waals surface area contributed by atoms with Gasteiger partial charge in [0.05, 0.1) is 23.7 Å². The highest BCUT2D eigenvalue weighted by atomic mass is 35.5. The first-order chi connectivity index (χ1) is 16.2. The third-order valence-electron chi connectivity index (χ3n) is 5.15. The van der Waals surface area contributed by atoms with Gasteiger partial charge in [0.2, 0.25) is 21.8 Å². The Morgan fingerprint density at radius 2 is 1.83 bits per heavy atom. The highest BCUT2D eigenvalue weighted by Crippen LogP contribution is 2.33. The molecule has 10 nitrogen and oxygen atoms in total. The van der Waals surface area contributed by atoms with Crippen LogP contribution in [0.25, 0.3) is 11.4 Å². The van der Waals surface area contributed by atoms with Gasteiger partial charge in [-0.1, -0.05) is 18.2 Å². The van der Waals surface area contributed by atoms with Crippen LogP contribution < -0.4 is 5.32 Å². The number of sulfonamides is 1. The van der Waals surface area contributed by atoms with Crippen molar-refractivity contribution in [1.29, 1.82) is 0 Å². The number of rotatable bonds is 5. The van der Waals surface area contributed by atoms with E-state index < -0.39 is 45.6 Å². The number of alkyl halides is 3. The highest BCUT2D eigenvalue weighted by Gasteiger charge is 2.37. The topological polar surface area (TPSA) is 125 Å². The molecular formula is C20H20ClF3N6O4S. The number of amides is 2. The number of nitrogens with one attached hydrogen (secondary N) is 1. The molecule has 0 aromatic carbocycles. The van der Waals surface area contributed by atoms with Crippen molar-refractivity contribution in [2.24, 2.45) is 0 Å². The maximum absolute atomic E-state index is 13.4. The van der Waals surface area contributed by atoms with Crippen molar-refractivity contribution in [1.82, 2.24) is 29.5 Å². The van der Waals surface area contributed by atoms with Crippen molar-refractivity contribution in [3.63, 3.8) is 0 Å². The second-order valence-corrected chi connectivity index (χ2v) is 9.85. The van der Waals surface area contributed by atoms with Gasteiger partial charge in [-0.05, 0) is 29.8 Å². The van der Waals surface area contributed by atoms with Crippen molar-refractivity contribution in [3.05, 3.63) is 53.1 Å². The number of aromatic nitrogens is 3. The van der Waals surface area contributed by atoms with Gasteiger partial charge in [0.1, 0.15) is 10.8 Å². The van der Waals surface area contributed by atoms with Gasteiger partial charge in [0, 0.05) is 26.7 Å². The molecule has 2 amide bonds. The first kappa shape index (κ1) is 26.5. The maximum atomic E-state index is 13.4. The van der Waals surface area contributed by atoms with E-state index in [1.165, 1.54) is 24.1 Å². The molecule has 0 bridgehead atoms. The maximum Gasteiger partial charge on any atom is 0.451 e. The van der Waals surface area contributed by atoms with E-state index in [-0.39, 0.29) is 41.7 Å². The Labute approximate surface area is 203 Å². The molecule has 1 aliphatic rings. The fourth-order valence-corrected chi connectivity index (χ4v) is 4.83. The third kappa shape index (κ3) is 5.94. The second kappa shape index (κ2) is 9.87. The van der Waals surface area contributed by atoms with Crippen molar-refractivity contribution in [3.8, 4) is 11.4 Å². The summed E-state index contributed by atoms with van der Waals surface area (Å²) in [5.74, 6) is -2.85. The van der Waals surface area contributed by atoms with Crippen LogP contribution >= 0.6 is 11.6 Å². The molecule has 0 radical (unpaired) electrons. The zero-order valence-corrected chi connectivity index (χ0v) is 20.1. The van der Waals surface area contributed by atoms with Crippen LogP contribution in [-0.4, -0.2) is 77.3 Å². The summed E-state index contributed by atoms with van der Waals surface area (Å²) in [5.41, 5.74) is -0.784. The fourth-order valence-electron chi connectivity index (χ4n) is 3.55. The van der Waals surface area contributed by atoms with Crippen molar-refractivity contribution >= 4 is 33.4 Å². The highest BCUT2D eigenvalue weighted by molar-refractivity contribution is 7.88. The van der Waals surface area contributed by atoms with Crippen molar-refractivity contribution in [2.75, 3.05) is 32.9 Å². The molecule has 1 aliphatic heterocycles. The number of halogens is 4. The Balaban J connectivity index is 2.16. The monoisotopic (exact) mass is 532 g/mol. The minimum atomic E-state index is -4.96. The van der Waals surface area contributed by atoms with Gasteiger partial charge in [0.15, 0.2) is 0 Å². The lowest BCUT2D eigenvalue weighted by atomic mass is 10.0. The summed E-state index contributed by atoms with van der Waals surface area (Å²) in [5, 5.41) is 2.03. The number of carbonyl (C=O) groups excluding carboxylic acids is 2. The van der Waals surface area contributed by atoms with E-state index in [2.05, 4.69) is 26.8 Å². The number of hydrogen-bond donors (Lipinski definition) is 1. The molecule has 35 heavy (non-hydrogen) atoms. The summed E-state index contributed by atoms with van der Waals surface area (Å²) < 4.78 is 66.2. The predicted molar refractivity (Wildman–Crippen MR) is 120 cm³/mol. The minimum Gasteiger partial charge on any atom is -0.354 e. The molecule has 1 atom stereocenters. The van der Waals surface area contributed by atoms with E-state index >= 15 is 0 Å². The molecule has 3 heterocycles. The average Bonchev–Trinajstić information content (AvgIpc) is 2.80. The summed E-state index contributed by atoms with van der Waals surface area (Å²) >= 11 is 6.15. The first-order valence-corrected chi connectivity index (χ1v) is 12.2. The lowest BCUT2D eigenvalue weighted by molar-refractivity contribution is -0.145. The van der Waals surface area contributed by atoms with Crippen molar-refractivity contribution in [2.45, 2.75) is 12.2 Å². The van der Waals surface area contributed by atoms with Crippen LogP contribution in [0.2, 0.25) is 5.15 Å². The molecule has 0 unspecified atom stereocenters. The Hall–Kier alpha value is -3.10. The zero-order chi connectivity index (χ0) is 26.1. The fraction of sp³-hybridized carbons (Fsp3) is 0.350. The summed E-state index contributed by atoms with van der Waals surface area (Å²) in [6.07, 6.45) is -2.86. The van der Waals surface area contributed by atoms with Crippen LogP contribution in [0.1, 0.15) is 27.9 Å². The molecule has 2 aromatic rings. The molecule has 1 saturated heterocycles. The quantitative estimate of drug-likeness (QED) is 0.460. The normalized spacial score (nSPS) is 17.2. The third-order valence-corrected chi connectivity index (χ3v) is 6.63. The van der Waals surface area contributed by atoms with Crippen LogP contribution in [0.5, 0.6) is 0 Å². The van der Waals surface area contributed by atoms with Crippen LogP contribution in [0.4, 0.5) is 13.2 Å². The summed E-state index contributed by atoms with van der Waals surface area (Å²) in [6, 6.07) is 2.76. The van der Waals surface area contributed by atoms with E-state index in [4.69, 9.17) is 11.6 Å². The van der Waals surface area contributed by atoms with Gasteiger partial charge in [-0.3, -0.25) is 9.59 Å². The molecule has 1 N–H and O–H groups in total. The van der Waals surface area contributed by atoms with Gasteiger partial charge in [0.25, 0.3) is 5.91 Å². The largest absolute Gasteiger partial charge is 0.451 e. The SMILES string of the molecule is C=CC(=O)N1CCN(S(C)(=O)=O)[C@H](c2cc(Cl)nc(-c3cc(C(=O)NC)nc(C(F)(F)F)n3)c2)C1. The van der Waals surface area contributed by atoms with E-state index in [1.54, 1.807) is 0 Å². The molecule has 0 saturated carbocycles. The summed E-state index contributed by atoms with van der Waals surface area (Å²) in [6.45, 7) is 3.48. The van der Waals surface area contributed by atoms with Crippen LogP contribution in [0.3, 0.4) is 0 Å². The number of hydrogen-bond acceptors (Lipinski definition) is 7. The molecule has 188 valence electrons. The molecular weight excluding hydrogens is 513 g/mol. The van der Waals surface area contributed by atoms with E-state index in [0.29, 0.717) is 0 Å². The van der Waals surface area contributed by atoms with Crippen LogP contribution in [0, 0.1) is 0 Å². The molecule has 3 rings (SSSR count). The molecule has 0 aliphatic carbocycles. The standard InChI is InChI=1S/C20H20ClF3N6O4S/c1-4-17(31)29-5-6-30(35(3,33)34)15(10-29)11-7-12(26-16(21)8-11)13-9-14(18(32)25-2)28-19(27-13)20(22,23)24/h4,7-9,15H,1,5-6,10H2,2-3H3,(H,25,32)/t15-/m0/s1.